The zero-order valence-corrected chi connectivity index (χ0v) is 15.5. The maximum Gasteiger partial charge on any atom is 0.303 e. The van der Waals surface area contributed by atoms with Crippen molar-refractivity contribution < 1.29 is 14.7 Å². The highest BCUT2D eigenvalue weighted by Crippen LogP contribution is 2.37. The number of hydrogen-bond donors (Lipinski definition) is 2. The van der Waals surface area contributed by atoms with Gasteiger partial charge in [0.1, 0.15) is 6.29 Å². The van der Waals surface area contributed by atoms with Crippen molar-refractivity contribution in [2.75, 3.05) is 0 Å². The summed E-state index contributed by atoms with van der Waals surface area (Å²) in [6, 6.07) is 29.1. The first-order valence-corrected chi connectivity index (χ1v) is 9.28. The Morgan fingerprint density at radius 3 is 1.54 bits per heavy atom. The van der Waals surface area contributed by atoms with Gasteiger partial charge in [-0.1, -0.05) is 91.0 Å². The molecular weight excluding hydrogens is 350 g/mol. The van der Waals surface area contributed by atoms with Gasteiger partial charge in [0.25, 0.3) is 0 Å². The summed E-state index contributed by atoms with van der Waals surface area (Å²) in [5, 5.41) is 12.6. The highest BCUT2D eigenvalue weighted by atomic mass is 16.4. The number of benzene rings is 3. The number of nitrogens with one attached hydrogen (secondary N) is 1. The van der Waals surface area contributed by atoms with Crippen LogP contribution in [0.25, 0.3) is 0 Å². The first kappa shape index (κ1) is 19.5. The molecule has 0 heterocycles. The number of carbonyl (C=O) groups excluding carboxylic acids is 1. The molecule has 4 heteroatoms. The molecular formula is C24H23NO3. The Balaban J connectivity index is 2.19. The van der Waals surface area contributed by atoms with E-state index in [1.807, 2.05) is 91.0 Å². The van der Waals surface area contributed by atoms with E-state index in [1.54, 1.807) is 0 Å². The molecule has 0 radical (unpaired) electrons. The van der Waals surface area contributed by atoms with Gasteiger partial charge in [-0.2, -0.15) is 0 Å². The molecule has 0 fully saturated rings. The quantitative estimate of drug-likeness (QED) is 0.439. The number of aliphatic carboxylic acids is 1. The molecule has 142 valence electrons. The van der Waals surface area contributed by atoms with Crippen molar-refractivity contribution in [1.29, 1.82) is 0 Å². The third-order valence-corrected chi connectivity index (χ3v) is 4.86. The molecule has 2 N–H and O–H groups in total. The number of rotatable bonds is 9. The molecule has 1 atom stereocenters. The number of carbonyl (C=O) groups is 2. The predicted molar refractivity (Wildman–Crippen MR) is 109 cm³/mol. The molecule has 3 rings (SSSR count). The van der Waals surface area contributed by atoms with Crippen LogP contribution < -0.4 is 5.32 Å². The van der Waals surface area contributed by atoms with Gasteiger partial charge < -0.3 is 9.90 Å². The average molecular weight is 373 g/mol. The fourth-order valence-corrected chi connectivity index (χ4v) is 3.55. The number of aldehydes is 1. The molecule has 0 aliphatic carbocycles. The van der Waals surface area contributed by atoms with Gasteiger partial charge in [-0.3, -0.25) is 10.1 Å². The lowest BCUT2D eigenvalue weighted by molar-refractivity contribution is -0.137. The summed E-state index contributed by atoms with van der Waals surface area (Å²) in [5.41, 5.74) is 2.16. The molecule has 0 saturated heterocycles. The van der Waals surface area contributed by atoms with E-state index in [2.05, 4.69) is 5.32 Å². The van der Waals surface area contributed by atoms with E-state index in [-0.39, 0.29) is 12.8 Å². The molecule has 4 nitrogen and oxygen atoms in total. The molecule has 3 aromatic rings. The lowest BCUT2D eigenvalue weighted by Gasteiger charge is -2.39. The Morgan fingerprint density at radius 2 is 1.21 bits per heavy atom. The van der Waals surface area contributed by atoms with Gasteiger partial charge >= 0.3 is 5.97 Å². The zero-order valence-electron chi connectivity index (χ0n) is 15.5. The highest BCUT2D eigenvalue weighted by molar-refractivity contribution is 5.68. The Kier molecular flexibility index (Phi) is 6.35. The molecule has 0 amide bonds. The monoisotopic (exact) mass is 373 g/mol. The van der Waals surface area contributed by atoms with Crippen LogP contribution in [-0.4, -0.2) is 23.4 Å². The topological polar surface area (TPSA) is 66.4 Å². The van der Waals surface area contributed by atoms with Gasteiger partial charge in [0.15, 0.2) is 0 Å². The lowest BCUT2D eigenvalue weighted by atomic mass is 9.76. The summed E-state index contributed by atoms with van der Waals surface area (Å²) in [7, 11) is 0. The molecule has 0 saturated carbocycles. The van der Waals surface area contributed by atoms with E-state index in [1.165, 1.54) is 0 Å². The largest absolute Gasteiger partial charge is 0.481 e. The van der Waals surface area contributed by atoms with E-state index >= 15 is 0 Å². The van der Waals surface area contributed by atoms with E-state index < -0.39 is 17.6 Å². The highest BCUT2D eigenvalue weighted by Gasteiger charge is 2.37. The van der Waals surface area contributed by atoms with Crippen LogP contribution in [0.2, 0.25) is 0 Å². The van der Waals surface area contributed by atoms with Crippen LogP contribution in [0, 0.1) is 0 Å². The molecule has 0 aliphatic rings. The minimum atomic E-state index is -0.918. The summed E-state index contributed by atoms with van der Waals surface area (Å²) in [5.74, 6) is -0.918. The maximum absolute atomic E-state index is 11.8. The molecule has 3 aromatic carbocycles. The SMILES string of the molecule is O=C[C@H](CCC(=O)O)NC(c1ccccc1)(c1ccccc1)c1ccccc1. The second-order valence-corrected chi connectivity index (χ2v) is 6.67. The fraction of sp³-hybridized carbons (Fsp3) is 0.167. The van der Waals surface area contributed by atoms with Crippen molar-refractivity contribution in [1.82, 2.24) is 5.32 Å². The van der Waals surface area contributed by atoms with Crippen molar-refractivity contribution in [2.45, 2.75) is 24.4 Å². The van der Waals surface area contributed by atoms with Gasteiger partial charge in [-0.15, -0.1) is 0 Å². The van der Waals surface area contributed by atoms with Gasteiger partial charge in [-0.05, 0) is 23.1 Å². The first-order valence-electron chi connectivity index (χ1n) is 9.28. The van der Waals surface area contributed by atoms with Gasteiger partial charge in [0.2, 0.25) is 0 Å². The molecule has 0 bridgehead atoms. The number of hydrogen-bond acceptors (Lipinski definition) is 3. The summed E-state index contributed by atoms with van der Waals surface area (Å²) < 4.78 is 0. The van der Waals surface area contributed by atoms with E-state index in [0.29, 0.717) is 0 Å². The van der Waals surface area contributed by atoms with Crippen molar-refractivity contribution in [3.63, 3.8) is 0 Å². The smallest absolute Gasteiger partial charge is 0.303 e. The number of carboxylic acids is 1. The van der Waals surface area contributed by atoms with Gasteiger partial charge in [-0.25, -0.2) is 0 Å². The summed E-state index contributed by atoms with van der Waals surface area (Å²) in [6.45, 7) is 0. The third kappa shape index (κ3) is 4.18. The van der Waals surface area contributed by atoms with Crippen molar-refractivity contribution in [3.05, 3.63) is 108 Å². The zero-order chi connectivity index (χ0) is 19.8. The maximum atomic E-state index is 11.8. The molecule has 0 aliphatic heterocycles. The summed E-state index contributed by atoms with van der Waals surface area (Å²) >= 11 is 0. The van der Waals surface area contributed by atoms with Crippen molar-refractivity contribution >= 4 is 12.3 Å². The van der Waals surface area contributed by atoms with Crippen molar-refractivity contribution in [2.24, 2.45) is 0 Å². The summed E-state index contributed by atoms with van der Waals surface area (Å²) in [6.07, 6.45) is 0.935. The van der Waals surface area contributed by atoms with Crippen molar-refractivity contribution in [3.8, 4) is 0 Å². The van der Waals surface area contributed by atoms with Gasteiger partial charge in [0, 0.05) is 6.42 Å². The van der Waals surface area contributed by atoms with Crippen LogP contribution in [0.5, 0.6) is 0 Å². The van der Waals surface area contributed by atoms with Gasteiger partial charge in [0.05, 0.1) is 11.6 Å². The summed E-state index contributed by atoms with van der Waals surface area (Å²) in [4.78, 5) is 22.9. The Labute approximate surface area is 164 Å². The minimum absolute atomic E-state index is 0.0785. The molecule has 0 spiro atoms. The average Bonchev–Trinajstić information content (AvgIpc) is 2.76. The van der Waals surface area contributed by atoms with Crippen LogP contribution in [0.15, 0.2) is 91.0 Å². The normalized spacial score (nSPS) is 12.3. The Bertz CT molecular complexity index is 798. The number of carboxylic acid groups (broad SMARTS) is 1. The van der Waals surface area contributed by atoms with E-state index in [9.17, 15) is 9.59 Å². The standard InChI is InChI=1S/C24H23NO3/c26-18-22(16-17-23(27)28)25-24(19-10-4-1-5-11-19,20-12-6-2-7-13-20)21-14-8-3-9-15-21/h1-15,18,22,25H,16-17H2,(H,27,28)/t22-/m0/s1. The second-order valence-electron chi connectivity index (χ2n) is 6.67. The van der Waals surface area contributed by atoms with E-state index in [0.717, 1.165) is 23.0 Å². The van der Waals surface area contributed by atoms with Crippen LogP contribution >= 0.6 is 0 Å². The van der Waals surface area contributed by atoms with Crippen LogP contribution in [0.4, 0.5) is 0 Å². The molecule has 0 aromatic heterocycles. The fourth-order valence-electron chi connectivity index (χ4n) is 3.55. The lowest BCUT2D eigenvalue weighted by Crippen LogP contribution is -2.50. The minimum Gasteiger partial charge on any atom is -0.481 e. The Hall–Kier alpha value is -3.24. The van der Waals surface area contributed by atoms with Crippen LogP contribution in [0.1, 0.15) is 29.5 Å². The molecule has 28 heavy (non-hydrogen) atoms. The third-order valence-electron chi connectivity index (χ3n) is 4.86. The van der Waals surface area contributed by atoms with E-state index in [4.69, 9.17) is 5.11 Å². The van der Waals surface area contributed by atoms with Crippen LogP contribution in [-0.2, 0) is 15.1 Å². The predicted octanol–water partition coefficient (Wildman–Crippen LogP) is 4.00. The first-order chi connectivity index (χ1) is 13.7. The second kappa shape index (κ2) is 9.11. The molecule has 0 unspecified atom stereocenters. The van der Waals surface area contributed by atoms with Crippen LogP contribution in [0.3, 0.4) is 0 Å². The Morgan fingerprint density at radius 1 is 0.821 bits per heavy atom.